The monoisotopic (exact) mass is 214 g/mol. The van der Waals surface area contributed by atoms with E-state index in [9.17, 15) is 4.79 Å². The Morgan fingerprint density at radius 2 is 2.31 bits per heavy atom. The molecule has 0 aliphatic carbocycles. The second-order valence-electron chi connectivity index (χ2n) is 3.72. The molecule has 0 fully saturated rings. The fourth-order valence-electron chi connectivity index (χ4n) is 1.74. The van der Waals surface area contributed by atoms with Gasteiger partial charge in [-0.1, -0.05) is 12.1 Å². The maximum absolute atomic E-state index is 10.3. The van der Waals surface area contributed by atoms with Crippen molar-refractivity contribution >= 4 is 6.29 Å². The standard InChI is InChI=1S/C13H14N2O/c1-11-14-7-8-15(11)13-6-2-4-12(10-13)5-3-9-16/h2,4,6-10H,3,5H2,1H3. The molecule has 1 aromatic carbocycles. The van der Waals surface area contributed by atoms with Gasteiger partial charge in [0.1, 0.15) is 12.1 Å². The minimum absolute atomic E-state index is 0.576. The van der Waals surface area contributed by atoms with Gasteiger partial charge in [-0.25, -0.2) is 4.98 Å². The summed E-state index contributed by atoms with van der Waals surface area (Å²) >= 11 is 0. The van der Waals surface area contributed by atoms with Gasteiger partial charge in [0.2, 0.25) is 0 Å². The van der Waals surface area contributed by atoms with Gasteiger partial charge in [0.15, 0.2) is 0 Å². The Hall–Kier alpha value is -1.90. The average Bonchev–Trinajstić information content (AvgIpc) is 2.73. The van der Waals surface area contributed by atoms with E-state index >= 15 is 0 Å². The zero-order valence-electron chi connectivity index (χ0n) is 9.26. The molecule has 0 atom stereocenters. The summed E-state index contributed by atoms with van der Waals surface area (Å²) in [6.45, 7) is 1.97. The van der Waals surface area contributed by atoms with Crippen molar-refractivity contribution < 1.29 is 4.79 Å². The second kappa shape index (κ2) is 4.75. The highest BCUT2D eigenvalue weighted by Gasteiger charge is 2.01. The van der Waals surface area contributed by atoms with Crippen molar-refractivity contribution in [2.24, 2.45) is 0 Å². The van der Waals surface area contributed by atoms with Crippen LogP contribution in [0.3, 0.4) is 0 Å². The molecule has 0 amide bonds. The van der Waals surface area contributed by atoms with Crippen molar-refractivity contribution in [3.05, 3.63) is 48.0 Å². The van der Waals surface area contributed by atoms with Crippen molar-refractivity contribution in [2.45, 2.75) is 19.8 Å². The van der Waals surface area contributed by atoms with Crippen LogP contribution in [0.25, 0.3) is 5.69 Å². The van der Waals surface area contributed by atoms with E-state index in [4.69, 9.17) is 0 Å². The highest BCUT2D eigenvalue weighted by atomic mass is 16.1. The van der Waals surface area contributed by atoms with Crippen LogP contribution in [-0.2, 0) is 11.2 Å². The quantitative estimate of drug-likeness (QED) is 0.732. The lowest BCUT2D eigenvalue weighted by Gasteiger charge is -2.06. The third-order valence-electron chi connectivity index (χ3n) is 2.57. The summed E-state index contributed by atoms with van der Waals surface area (Å²) in [6, 6.07) is 8.19. The number of aldehydes is 1. The Morgan fingerprint density at radius 1 is 1.44 bits per heavy atom. The molecule has 3 nitrogen and oxygen atoms in total. The van der Waals surface area contributed by atoms with Gasteiger partial charge in [-0.3, -0.25) is 0 Å². The summed E-state index contributed by atoms with van der Waals surface area (Å²) < 4.78 is 2.03. The summed E-state index contributed by atoms with van der Waals surface area (Å²) in [5.74, 6) is 0.965. The van der Waals surface area contributed by atoms with Crippen LogP contribution in [0.2, 0.25) is 0 Å². The van der Waals surface area contributed by atoms with Crippen LogP contribution in [0.4, 0.5) is 0 Å². The van der Waals surface area contributed by atoms with Crippen LogP contribution in [0.15, 0.2) is 36.7 Å². The van der Waals surface area contributed by atoms with Gasteiger partial charge in [0.25, 0.3) is 0 Å². The smallest absolute Gasteiger partial charge is 0.120 e. The van der Waals surface area contributed by atoms with E-state index in [2.05, 4.69) is 11.1 Å². The largest absolute Gasteiger partial charge is 0.304 e. The number of nitrogens with zero attached hydrogens (tertiary/aromatic N) is 2. The molecule has 0 aliphatic rings. The average molecular weight is 214 g/mol. The van der Waals surface area contributed by atoms with Gasteiger partial charge in [-0.2, -0.15) is 0 Å². The maximum Gasteiger partial charge on any atom is 0.120 e. The van der Waals surface area contributed by atoms with Crippen LogP contribution in [0.5, 0.6) is 0 Å². The number of hydrogen-bond donors (Lipinski definition) is 0. The predicted molar refractivity (Wildman–Crippen MR) is 62.7 cm³/mol. The van der Waals surface area contributed by atoms with Crippen LogP contribution in [-0.4, -0.2) is 15.8 Å². The minimum Gasteiger partial charge on any atom is -0.304 e. The number of carbonyl (C=O) groups is 1. The third-order valence-corrected chi connectivity index (χ3v) is 2.57. The summed E-state index contributed by atoms with van der Waals surface area (Å²) in [5, 5.41) is 0. The van der Waals surface area contributed by atoms with E-state index in [-0.39, 0.29) is 0 Å². The fourth-order valence-corrected chi connectivity index (χ4v) is 1.74. The number of carbonyl (C=O) groups excluding carboxylic acids is 1. The van der Waals surface area contributed by atoms with Crippen LogP contribution < -0.4 is 0 Å². The Kier molecular flexibility index (Phi) is 3.15. The lowest BCUT2D eigenvalue weighted by atomic mass is 10.1. The first kappa shape index (κ1) is 10.6. The van der Waals surface area contributed by atoms with Gasteiger partial charge in [-0.05, 0) is 31.0 Å². The molecular weight excluding hydrogens is 200 g/mol. The lowest BCUT2D eigenvalue weighted by molar-refractivity contribution is -0.107. The van der Waals surface area contributed by atoms with Crippen LogP contribution >= 0.6 is 0 Å². The zero-order valence-corrected chi connectivity index (χ0v) is 9.26. The molecule has 82 valence electrons. The molecule has 16 heavy (non-hydrogen) atoms. The van der Waals surface area contributed by atoms with Gasteiger partial charge < -0.3 is 9.36 Å². The first-order valence-corrected chi connectivity index (χ1v) is 5.34. The maximum atomic E-state index is 10.3. The molecule has 0 saturated heterocycles. The molecule has 0 N–H and O–H groups in total. The Bertz CT molecular complexity index is 488. The zero-order chi connectivity index (χ0) is 11.4. The summed E-state index contributed by atoms with van der Waals surface area (Å²) in [5.41, 5.74) is 2.27. The highest BCUT2D eigenvalue weighted by Crippen LogP contribution is 2.13. The van der Waals surface area contributed by atoms with E-state index in [1.54, 1.807) is 6.20 Å². The number of aryl methyl sites for hydroxylation is 2. The van der Waals surface area contributed by atoms with Gasteiger partial charge in [0, 0.05) is 24.5 Å². The van der Waals surface area contributed by atoms with Crippen molar-refractivity contribution in [1.29, 1.82) is 0 Å². The molecule has 1 aromatic heterocycles. The van der Waals surface area contributed by atoms with E-state index in [0.29, 0.717) is 6.42 Å². The first-order chi connectivity index (χ1) is 7.81. The van der Waals surface area contributed by atoms with Crippen molar-refractivity contribution in [2.75, 3.05) is 0 Å². The van der Waals surface area contributed by atoms with E-state index in [1.165, 1.54) is 5.56 Å². The molecule has 3 heteroatoms. The molecule has 0 radical (unpaired) electrons. The van der Waals surface area contributed by atoms with E-state index in [0.717, 1.165) is 24.2 Å². The minimum atomic E-state index is 0.576. The number of hydrogen-bond acceptors (Lipinski definition) is 2. The van der Waals surface area contributed by atoms with Gasteiger partial charge in [0.05, 0.1) is 0 Å². The number of imidazole rings is 1. The Labute approximate surface area is 94.7 Å². The topological polar surface area (TPSA) is 34.9 Å². The van der Waals surface area contributed by atoms with Crippen LogP contribution in [0, 0.1) is 6.92 Å². The molecule has 1 heterocycles. The van der Waals surface area contributed by atoms with Crippen molar-refractivity contribution in [3.63, 3.8) is 0 Å². The number of rotatable bonds is 4. The number of aromatic nitrogens is 2. The highest BCUT2D eigenvalue weighted by molar-refractivity contribution is 5.50. The van der Waals surface area contributed by atoms with Crippen molar-refractivity contribution in [1.82, 2.24) is 9.55 Å². The van der Waals surface area contributed by atoms with Gasteiger partial charge >= 0.3 is 0 Å². The Balaban J connectivity index is 2.29. The predicted octanol–water partition coefficient (Wildman–Crippen LogP) is 2.31. The molecule has 2 rings (SSSR count). The lowest BCUT2D eigenvalue weighted by Crippen LogP contribution is -1.96. The molecule has 0 bridgehead atoms. The second-order valence-corrected chi connectivity index (χ2v) is 3.72. The molecule has 0 spiro atoms. The van der Waals surface area contributed by atoms with E-state index < -0.39 is 0 Å². The Morgan fingerprint density at radius 3 is 3.00 bits per heavy atom. The van der Waals surface area contributed by atoms with Crippen molar-refractivity contribution in [3.8, 4) is 5.69 Å². The molecular formula is C13H14N2O. The summed E-state index contributed by atoms with van der Waals surface area (Å²) in [7, 11) is 0. The summed E-state index contributed by atoms with van der Waals surface area (Å²) in [6.07, 6.45) is 6.05. The molecule has 0 saturated carbocycles. The SMILES string of the molecule is Cc1nccn1-c1cccc(CCC=O)c1. The van der Waals surface area contributed by atoms with E-state index in [1.807, 2.05) is 35.9 Å². The molecule has 0 aliphatic heterocycles. The summed E-state index contributed by atoms with van der Waals surface area (Å²) in [4.78, 5) is 14.5. The first-order valence-electron chi connectivity index (χ1n) is 5.34. The molecule has 0 unspecified atom stereocenters. The van der Waals surface area contributed by atoms with Crippen LogP contribution in [0.1, 0.15) is 17.8 Å². The fraction of sp³-hybridized carbons (Fsp3) is 0.231. The normalized spacial score (nSPS) is 10.3. The third kappa shape index (κ3) is 2.19. The molecule has 2 aromatic rings. The number of benzene rings is 1. The van der Waals surface area contributed by atoms with Gasteiger partial charge in [-0.15, -0.1) is 0 Å².